The third kappa shape index (κ3) is 4.20. The zero-order valence-corrected chi connectivity index (χ0v) is 14.8. The van der Waals surface area contributed by atoms with E-state index >= 15 is 0 Å². The Kier molecular flexibility index (Phi) is 6.51. The molecule has 1 N–H and O–H groups in total. The van der Waals surface area contributed by atoms with E-state index in [0.29, 0.717) is 10.0 Å². The Morgan fingerprint density at radius 2 is 2.00 bits per heavy atom. The fraction of sp³-hybridized carbons (Fsp3) is 0.647. The average molecular weight is 378 g/mol. The first-order valence-electron chi connectivity index (χ1n) is 7.86. The minimum Gasteiger partial charge on any atom is -0.388 e. The van der Waals surface area contributed by atoms with E-state index in [1.165, 1.54) is 19.3 Å². The lowest BCUT2D eigenvalue weighted by Crippen LogP contribution is -2.21. The first-order chi connectivity index (χ1) is 10.0. The number of hydrogen-bond donors (Lipinski definition) is 1. The van der Waals surface area contributed by atoms with Gasteiger partial charge in [0.15, 0.2) is 0 Å². The van der Waals surface area contributed by atoms with Crippen molar-refractivity contribution < 1.29 is 9.50 Å². The fourth-order valence-corrected chi connectivity index (χ4v) is 3.79. The number of unbranched alkanes of at least 4 members (excludes halogenated alkanes) is 1. The quantitative estimate of drug-likeness (QED) is 0.599. The van der Waals surface area contributed by atoms with Crippen molar-refractivity contribution in [2.45, 2.75) is 58.0 Å². The molecule has 118 valence electrons. The molecule has 0 heterocycles. The molecule has 1 aromatic carbocycles. The van der Waals surface area contributed by atoms with Crippen molar-refractivity contribution in [2.24, 2.45) is 11.8 Å². The van der Waals surface area contributed by atoms with Gasteiger partial charge in [-0.05, 0) is 46.7 Å². The first-order valence-corrected chi connectivity index (χ1v) is 9.03. The minimum atomic E-state index is -0.747. The molecule has 0 bridgehead atoms. The molecule has 1 nitrogen and oxygen atoms in total. The third-order valence-electron chi connectivity index (χ3n) is 4.69. The molecule has 4 heteroatoms. The molecule has 0 aliphatic heterocycles. The van der Waals surface area contributed by atoms with E-state index in [1.54, 1.807) is 12.1 Å². The first kappa shape index (κ1) is 17.2. The molecule has 0 saturated heterocycles. The predicted molar refractivity (Wildman–Crippen MR) is 89.0 cm³/mol. The molecule has 1 atom stereocenters. The van der Waals surface area contributed by atoms with Gasteiger partial charge in [0.1, 0.15) is 5.82 Å². The summed E-state index contributed by atoms with van der Waals surface area (Å²) in [4.78, 5) is 0. The molecule has 1 fully saturated rings. The average Bonchev–Trinajstić information content (AvgIpc) is 2.51. The summed E-state index contributed by atoms with van der Waals surface area (Å²) >= 11 is 9.12. The van der Waals surface area contributed by atoms with Crippen molar-refractivity contribution in [3.8, 4) is 0 Å². The molecule has 0 radical (unpaired) electrons. The van der Waals surface area contributed by atoms with Crippen LogP contribution in [0.1, 0.15) is 63.5 Å². The number of aliphatic hydroxyl groups excluding tert-OH is 1. The number of benzene rings is 1. The Balaban J connectivity index is 1.99. The van der Waals surface area contributed by atoms with E-state index in [1.807, 2.05) is 0 Å². The molecule has 0 amide bonds. The van der Waals surface area contributed by atoms with Gasteiger partial charge in [0.2, 0.25) is 0 Å². The zero-order valence-electron chi connectivity index (χ0n) is 12.4. The van der Waals surface area contributed by atoms with Crippen molar-refractivity contribution in [2.75, 3.05) is 0 Å². The molecule has 21 heavy (non-hydrogen) atoms. The second-order valence-electron chi connectivity index (χ2n) is 6.13. The van der Waals surface area contributed by atoms with Gasteiger partial charge in [0.25, 0.3) is 0 Å². The Bertz CT molecular complexity index is 472. The standard InChI is InChI=1S/C17H23BrClFO/c1-2-3-4-11-5-7-12(8-6-11)17(21)13-9-10-14(18)15(19)16(13)20/h9-12,17,21H,2-8H2,1H3. The van der Waals surface area contributed by atoms with E-state index < -0.39 is 11.9 Å². The van der Waals surface area contributed by atoms with Crippen molar-refractivity contribution in [1.29, 1.82) is 0 Å². The van der Waals surface area contributed by atoms with E-state index in [2.05, 4.69) is 22.9 Å². The Morgan fingerprint density at radius 3 is 2.62 bits per heavy atom. The Labute approximate surface area is 140 Å². The maximum atomic E-state index is 14.2. The maximum absolute atomic E-state index is 14.2. The second kappa shape index (κ2) is 7.94. The van der Waals surface area contributed by atoms with Crippen LogP contribution in [-0.4, -0.2) is 5.11 Å². The highest BCUT2D eigenvalue weighted by Crippen LogP contribution is 2.40. The van der Waals surface area contributed by atoms with Crippen LogP contribution in [0.15, 0.2) is 16.6 Å². The molecule has 1 aliphatic rings. The molecule has 1 aromatic rings. The SMILES string of the molecule is CCCCC1CCC(C(O)c2ccc(Br)c(Cl)c2F)CC1. The van der Waals surface area contributed by atoms with Crippen LogP contribution in [-0.2, 0) is 0 Å². The van der Waals surface area contributed by atoms with Crippen molar-refractivity contribution in [3.05, 3.63) is 33.0 Å². The van der Waals surface area contributed by atoms with Crippen LogP contribution in [0, 0.1) is 17.7 Å². The van der Waals surface area contributed by atoms with Crippen LogP contribution in [0.4, 0.5) is 4.39 Å². The summed E-state index contributed by atoms with van der Waals surface area (Å²) in [5, 5.41) is 10.5. The molecule has 2 rings (SSSR count). The summed E-state index contributed by atoms with van der Waals surface area (Å²) in [5.41, 5.74) is 0.334. The highest BCUT2D eigenvalue weighted by atomic mass is 79.9. The summed E-state index contributed by atoms with van der Waals surface area (Å²) in [6, 6.07) is 3.34. The maximum Gasteiger partial charge on any atom is 0.148 e. The van der Waals surface area contributed by atoms with Crippen molar-refractivity contribution >= 4 is 27.5 Å². The summed E-state index contributed by atoms with van der Waals surface area (Å²) in [6.45, 7) is 2.22. The summed E-state index contributed by atoms with van der Waals surface area (Å²) in [5.74, 6) is 0.438. The van der Waals surface area contributed by atoms with Gasteiger partial charge in [-0.15, -0.1) is 0 Å². The largest absolute Gasteiger partial charge is 0.388 e. The summed E-state index contributed by atoms with van der Waals surface area (Å²) < 4.78 is 14.7. The normalized spacial score (nSPS) is 24.0. The van der Waals surface area contributed by atoms with E-state index in [4.69, 9.17) is 11.6 Å². The van der Waals surface area contributed by atoms with Crippen LogP contribution in [0.25, 0.3) is 0 Å². The smallest absolute Gasteiger partial charge is 0.148 e. The molecule has 1 unspecified atom stereocenters. The Hall–Kier alpha value is -0.120. The molecule has 0 aromatic heterocycles. The van der Waals surface area contributed by atoms with Crippen LogP contribution in [0.5, 0.6) is 0 Å². The lowest BCUT2D eigenvalue weighted by atomic mass is 9.76. The topological polar surface area (TPSA) is 20.2 Å². The van der Waals surface area contributed by atoms with Crippen LogP contribution >= 0.6 is 27.5 Å². The fourth-order valence-electron chi connectivity index (χ4n) is 3.31. The number of aliphatic hydroxyl groups is 1. The highest BCUT2D eigenvalue weighted by molar-refractivity contribution is 9.10. The van der Waals surface area contributed by atoms with Crippen LogP contribution in [0.3, 0.4) is 0 Å². The highest BCUT2D eigenvalue weighted by Gasteiger charge is 2.29. The Morgan fingerprint density at radius 1 is 1.33 bits per heavy atom. The van der Waals surface area contributed by atoms with Gasteiger partial charge in [-0.3, -0.25) is 0 Å². The lowest BCUT2D eigenvalue weighted by molar-refractivity contribution is 0.0692. The molecular formula is C17H23BrClFO. The monoisotopic (exact) mass is 376 g/mol. The van der Waals surface area contributed by atoms with Gasteiger partial charge in [-0.1, -0.05) is 56.7 Å². The van der Waals surface area contributed by atoms with Gasteiger partial charge in [0.05, 0.1) is 11.1 Å². The number of rotatable bonds is 5. The summed E-state index contributed by atoms with van der Waals surface area (Å²) in [6.07, 6.45) is 7.31. The number of hydrogen-bond acceptors (Lipinski definition) is 1. The summed E-state index contributed by atoms with van der Waals surface area (Å²) in [7, 11) is 0. The van der Waals surface area contributed by atoms with Crippen LogP contribution in [0.2, 0.25) is 5.02 Å². The molecule has 0 spiro atoms. The number of halogens is 3. The van der Waals surface area contributed by atoms with Crippen molar-refractivity contribution in [1.82, 2.24) is 0 Å². The van der Waals surface area contributed by atoms with Gasteiger partial charge in [-0.2, -0.15) is 0 Å². The van der Waals surface area contributed by atoms with Gasteiger partial charge >= 0.3 is 0 Å². The molecular weight excluding hydrogens is 355 g/mol. The van der Waals surface area contributed by atoms with Gasteiger partial charge < -0.3 is 5.11 Å². The van der Waals surface area contributed by atoms with E-state index in [9.17, 15) is 9.50 Å². The van der Waals surface area contributed by atoms with Gasteiger partial charge in [0, 0.05) is 10.0 Å². The van der Waals surface area contributed by atoms with Gasteiger partial charge in [-0.25, -0.2) is 4.39 Å². The third-order valence-corrected chi connectivity index (χ3v) is 5.95. The zero-order chi connectivity index (χ0) is 15.4. The van der Waals surface area contributed by atoms with Crippen molar-refractivity contribution in [3.63, 3.8) is 0 Å². The second-order valence-corrected chi connectivity index (χ2v) is 7.36. The predicted octanol–water partition coefficient (Wildman–Crippen LogP) is 6.27. The lowest BCUT2D eigenvalue weighted by Gasteiger charge is -2.32. The molecule has 1 saturated carbocycles. The van der Waals surface area contributed by atoms with Crippen LogP contribution < -0.4 is 0 Å². The van der Waals surface area contributed by atoms with E-state index in [0.717, 1.165) is 31.6 Å². The van der Waals surface area contributed by atoms with E-state index in [-0.39, 0.29) is 10.9 Å². The minimum absolute atomic E-state index is 0.0585. The molecule has 1 aliphatic carbocycles.